The normalized spacial score (nSPS) is 12.1. The minimum absolute atomic E-state index is 0.0552. The molecule has 1 atom stereocenters. The maximum atomic E-state index is 11.2. The molecule has 1 amide bonds. The third kappa shape index (κ3) is 3.87. The molecule has 0 saturated carbocycles. The number of para-hydroxylation sites is 1. The Morgan fingerprint density at radius 2 is 2.21 bits per heavy atom. The summed E-state index contributed by atoms with van der Waals surface area (Å²) in [4.78, 5) is 15.4. The van der Waals surface area contributed by atoms with Gasteiger partial charge < -0.3 is 10.6 Å². The fourth-order valence-electron chi connectivity index (χ4n) is 1.78. The summed E-state index contributed by atoms with van der Waals surface area (Å²) in [5, 5.41) is 9.29. The number of nitrogens with zero attached hydrogens (tertiary/aromatic N) is 1. The molecule has 5 heteroatoms. The number of aromatic nitrogens is 1. The molecule has 0 fully saturated rings. The lowest BCUT2D eigenvalue weighted by Gasteiger charge is -2.14. The van der Waals surface area contributed by atoms with Crippen molar-refractivity contribution in [2.75, 3.05) is 5.32 Å². The second-order valence-corrected chi connectivity index (χ2v) is 5.24. The predicted octanol–water partition coefficient (Wildman–Crippen LogP) is 2.95. The number of carbonyl (C=O) groups excluding carboxylic acids is 1. The van der Waals surface area contributed by atoms with Crippen molar-refractivity contribution in [1.29, 1.82) is 0 Å². The molecule has 2 N–H and O–H groups in total. The van der Waals surface area contributed by atoms with Crippen molar-refractivity contribution >= 4 is 22.9 Å². The first-order chi connectivity index (χ1) is 9.16. The van der Waals surface area contributed by atoms with Crippen LogP contribution < -0.4 is 10.6 Å². The fourth-order valence-corrected chi connectivity index (χ4v) is 2.46. The van der Waals surface area contributed by atoms with Gasteiger partial charge in [0.15, 0.2) is 0 Å². The molecule has 0 aliphatic heterocycles. The molecule has 0 radical (unpaired) electrons. The summed E-state index contributed by atoms with van der Waals surface area (Å²) in [7, 11) is 0. The zero-order chi connectivity index (χ0) is 13.7. The first-order valence-corrected chi connectivity index (χ1v) is 7.03. The molecule has 19 heavy (non-hydrogen) atoms. The van der Waals surface area contributed by atoms with Crippen LogP contribution in [0.4, 0.5) is 5.69 Å². The molecule has 1 heterocycles. The van der Waals surface area contributed by atoms with Crippen molar-refractivity contribution in [2.45, 2.75) is 26.4 Å². The van der Waals surface area contributed by atoms with E-state index in [-0.39, 0.29) is 11.9 Å². The summed E-state index contributed by atoms with van der Waals surface area (Å²) in [6, 6.07) is 8.00. The molecular weight excluding hydrogens is 258 g/mol. The van der Waals surface area contributed by atoms with Gasteiger partial charge in [0.2, 0.25) is 5.91 Å². The lowest BCUT2D eigenvalue weighted by molar-refractivity contribution is -0.114. The zero-order valence-electron chi connectivity index (χ0n) is 11.0. The van der Waals surface area contributed by atoms with Crippen LogP contribution in [-0.2, 0) is 11.3 Å². The number of benzene rings is 1. The predicted molar refractivity (Wildman–Crippen MR) is 78.1 cm³/mol. The standard InChI is InChI=1S/C14H17N3OS/c1-10(14-15-7-8-19-14)16-9-12-5-3-4-6-13(12)17-11(2)18/h3-8,10,16H,9H2,1-2H3,(H,17,18). The number of hydrogen-bond acceptors (Lipinski definition) is 4. The van der Waals surface area contributed by atoms with Gasteiger partial charge in [-0.05, 0) is 18.6 Å². The Kier molecular flexibility index (Phi) is 4.65. The minimum atomic E-state index is -0.0552. The first kappa shape index (κ1) is 13.7. The number of nitrogens with one attached hydrogen (secondary N) is 2. The van der Waals surface area contributed by atoms with E-state index in [0.29, 0.717) is 6.54 Å². The summed E-state index contributed by atoms with van der Waals surface area (Å²) < 4.78 is 0. The van der Waals surface area contributed by atoms with E-state index in [4.69, 9.17) is 0 Å². The monoisotopic (exact) mass is 275 g/mol. The molecule has 0 spiro atoms. The number of hydrogen-bond donors (Lipinski definition) is 2. The molecule has 1 aromatic carbocycles. The Hall–Kier alpha value is -1.72. The minimum Gasteiger partial charge on any atom is -0.326 e. The van der Waals surface area contributed by atoms with Crippen LogP contribution in [0.1, 0.15) is 30.5 Å². The molecule has 2 aromatic rings. The van der Waals surface area contributed by atoms with E-state index in [1.807, 2.05) is 35.8 Å². The first-order valence-electron chi connectivity index (χ1n) is 6.15. The Labute approximate surface area is 116 Å². The van der Waals surface area contributed by atoms with E-state index in [0.717, 1.165) is 16.3 Å². The van der Waals surface area contributed by atoms with Crippen LogP contribution in [0, 0.1) is 0 Å². The Morgan fingerprint density at radius 1 is 1.42 bits per heavy atom. The van der Waals surface area contributed by atoms with Gasteiger partial charge in [-0.3, -0.25) is 4.79 Å². The lowest BCUT2D eigenvalue weighted by atomic mass is 10.1. The smallest absolute Gasteiger partial charge is 0.221 e. The number of rotatable bonds is 5. The van der Waals surface area contributed by atoms with Crippen molar-refractivity contribution in [3.05, 3.63) is 46.4 Å². The molecule has 0 saturated heterocycles. The van der Waals surface area contributed by atoms with Gasteiger partial charge in [-0.1, -0.05) is 18.2 Å². The molecule has 1 aromatic heterocycles. The number of carbonyl (C=O) groups is 1. The SMILES string of the molecule is CC(=O)Nc1ccccc1CNC(C)c1nccs1. The number of anilines is 1. The highest BCUT2D eigenvalue weighted by molar-refractivity contribution is 7.09. The molecular formula is C14H17N3OS. The maximum Gasteiger partial charge on any atom is 0.221 e. The summed E-state index contributed by atoms with van der Waals surface area (Å²) >= 11 is 1.64. The fraction of sp³-hybridized carbons (Fsp3) is 0.286. The van der Waals surface area contributed by atoms with E-state index in [9.17, 15) is 4.79 Å². The molecule has 4 nitrogen and oxygen atoms in total. The molecule has 0 aliphatic carbocycles. The second-order valence-electron chi connectivity index (χ2n) is 4.31. The van der Waals surface area contributed by atoms with Gasteiger partial charge in [0, 0.05) is 30.7 Å². The van der Waals surface area contributed by atoms with Crippen LogP contribution >= 0.6 is 11.3 Å². The van der Waals surface area contributed by atoms with Gasteiger partial charge in [0.05, 0.1) is 6.04 Å². The van der Waals surface area contributed by atoms with Crippen molar-refractivity contribution in [2.24, 2.45) is 0 Å². The average molecular weight is 275 g/mol. The number of thiazole rings is 1. The van der Waals surface area contributed by atoms with E-state index in [1.54, 1.807) is 11.3 Å². The van der Waals surface area contributed by atoms with Crippen LogP contribution in [0.25, 0.3) is 0 Å². The van der Waals surface area contributed by atoms with Crippen LogP contribution in [0.5, 0.6) is 0 Å². The van der Waals surface area contributed by atoms with Crippen LogP contribution in [0.3, 0.4) is 0 Å². The van der Waals surface area contributed by atoms with Gasteiger partial charge in [-0.25, -0.2) is 4.98 Å². The molecule has 1 unspecified atom stereocenters. The lowest BCUT2D eigenvalue weighted by Crippen LogP contribution is -2.19. The number of amides is 1. The van der Waals surface area contributed by atoms with Crippen molar-refractivity contribution in [3.8, 4) is 0 Å². The summed E-state index contributed by atoms with van der Waals surface area (Å²) in [5.41, 5.74) is 1.93. The van der Waals surface area contributed by atoms with E-state index >= 15 is 0 Å². The third-order valence-electron chi connectivity index (χ3n) is 2.75. The van der Waals surface area contributed by atoms with E-state index in [1.165, 1.54) is 6.92 Å². The molecule has 100 valence electrons. The van der Waals surface area contributed by atoms with E-state index < -0.39 is 0 Å². The highest BCUT2D eigenvalue weighted by Crippen LogP contribution is 2.18. The van der Waals surface area contributed by atoms with Crippen LogP contribution in [0.2, 0.25) is 0 Å². The van der Waals surface area contributed by atoms with Crippen molar-refractivity contribution in [1.82, 2.24) is 10.3 Å². The summed E-state index contributed by atoms with van der Waals surface area (Å²) in [5.74, 6) is -0.0552. The van der Waals surface area contributed by atoms with Crippen molar-refractivity contribution < 1.29 is 4.79 Å². The zero-order valence-corrected chi connectivity index (χ0v) is 11.8. The Morgan fingerprint density at radius 3 is 2.89 bits per heavy atom. The average Bonchev–Trinajstić information content (AvgIpc) is 2.90. The second kappa shape index (κ2) is 6.45. The van der Waals surface area contributed by atoms with Crippen LogP contribution in [-0.4, -0.2) is 10.9 Å². The highest BCUT2D eigenvalue weighted by atomic mass is 32.1. The van der Waals surface area contributed by atoms with Gasteiger partial charge in [-0.2, -0.15) is 0 Å². The summed E-state index contributed by atoms with van der Waals surface area (Å²) in [6.45, 7) is 4.29. The van der Waals surface area contributed by atoms with E-state index in [2.05, 4.69) is 22.5 Å². The Balaban J connectivity index is 2.01. The van der Waals surface area contributed by atoms with Gasteiger partial charge in [0.1, 0.15) is 5.01 Å². The molecule has 2 rings (SSSR count). The Bertz CT molecular complexity index is 539. The van der Waals surface area contributed by atoms with Crippen LogP contribution in [0.15, 0.2) is 35.8 Å². The van der Waals surface area contributed by atoms with Gasteiger partial charge in [-0.15, -0.1) is 11.3 Å². The third-order valence-corrected chi connectivity index (χ3v) is 3.71. The molecule has 0 bridgehead atoms. The van der Waals surface area contributed by atoms with Gasteiger partial charge >= 0.3 is 0 Å². The van der Waals surface area contributed by atoms with Gasteiger partial charge in [0.25, 0.3) is 0 Å². The largest absolute Gasteiger partial charge is 0.326 e. The quantitative estimate of drug-likeness (QED) is 0.882. The maximum absolute atomic E-state index is 11.2. The summed E-state index contributed by atoms with van der Waals surface area (Å²) in [6.07, 6.45) is 1.81. The van der Waals surface area contributed by atoms with Crippen molar-refractivity contribution in [3.63, 3.8) is 0 Å². The molecule has 0 aliphatic rings. The topological polar surface area (TPSA) is 54.0 Å². The highest BCUT2D eigenvalue weighted by Gasteiger charge is 2.09.